The highest BCUT2D eigenvalue weighted by molar-refractivity contribution is 6.34. The molecule has 0 radical (unpaired) electrons. The maximum absolute atomic E-state index is 12.2. The minimum absolute atomic E-state index is 0.0101. The van der Waals surface area contributed by atoms with Gasteiger partial charge in [-0.2, -0.15) is 0 Å². The Morgan fingerprint density at radius 1 is 1.03 bits per heavy atom. The zero-order valence-corrected chi connectivity index (χ0v) is 17.8. The van der Waals surface area contributed by atoms with E-state index in [1.165, 1.54) is 18.2 Å². The van der Waals surface area contributed by atoms with Crippen LogP contribution in [0.5, 0.6) is 5.75 Å². The number of rotatable bonds is 6. The second kappa shape index (κ2) is 9.21. The zero-order chi connectivity index (χ0) is 22.7. The number of hydrogen-bond acceptors (Lipinski definition) is 6. The first-order valence-electron chi connectivity index (χ1n) is 9.33. The number of carbonyl (C=O) groups excluding carboxylic acids is 1. The summed E-state index contributed by atoms with van der Waals surface area (Å²) >= 11 is 12.0. The molecule has 0 saturated heterocycles. The number of ether oxygens (including phenoxy) is 2. The van der Waals surface area contributed by atoms with Crippen molar-refractivity contribution in [1.29, 1.82) is 0 Å². The molecule has 0 aliphatic carbocycles. The van der Waals surface area contributed by atoms with Gasteiger partial charge < -0.3 is 9.47 Å². The molecule has 1 aliphatic rings. The number of hydrogen-bond donors (Lipinski definition) is 0. The van der Waals surface area contributed by atoms with E-state index in [2.05, 4.69) is 4.99 Å². The van der Waals surface area contributed by atoms with E-state index in [0.29, 0.717) is 22.9 Å². The second-order valence-electron chi connectivity index (χ2n) is 6.74. The molecule has 160 valence electrons. The predicted molar refractivity (Wildman–Crippen MR) is 121 cm³/mol. The van der Waals surface area contributed by atoms with E-state index in [0.717, 1.165) is 11.1 Å². The molecule has 7 nitrogen and oxygen atoms in total. The molecule has 0 saturated carbocycles. The summed E-state index contributed by atoms with van der Waals surface area (Å²) in [6.07, 6.45) is 1.57. The largest absolute Gasteiger partial charge is 0.489 e. The Morgan fingerprint density at radius 3 is 2.41 bits per heavy atom. The van der Waals surface area contributed by atoms with Crippen LogP contribution in [0.25, 0.3) is 6.08 Å². The number of nitro groups is 1. The third kappa shape index (κ3) is 4.96. The summed E-state index contributed by atoms with van der Waals surface area (Å²) in [6, 6.07) is 18.3. The number of cyclic esters (lactones) is 1. The van der Waals surface area contributed by atoms with E-state index >= 15 is 0 Å². The Labute approximate surface area is 192 Å². The standard InChI is InChI=1S/C23H14Cl2N2O5/c24-16-5-1-15(2-6-16)13-31-18-8-3-14(4-9-18)11-21-23(28)32-22(26-21)19-10-7-17(27(29)30)12-20(19)25/h1-12H,13H2/b21-11-. The van der Waals surface area contributed by atoms with E-state index in [1.807, 2.05) is 12.1 Å². The average Bonchev–Trinajstić information content (AvgIpc) is 3.14. The Morgan fingerprint density at radius 2 is 1.75 bits per heavy atom. The van der Waals surface area contributed by atoms with Gasteiger partial charge in [0.1, 0.15) is 12.4 Å². The molecule has 0 bridgehead atoms. The van der Waals surface area contributed by atoms with Gasteiger partial charge in [0, 0.05) is 17.2 Å². The molecule has 0 amide bonds. The van der Waals surface area contributed by atoms with Crippen LogP contribution in [0.3, 0.4) is 0 Å². The maximum atomic E-state index is 12.2. The van der Waals surface area contributed by atoms with Crippen molar-refractivity contribution in [3.05, 3.63) is 109 Å². The summed E-state index contributed by atoms with van der Waals surface area (Å²) in [7, 11) is 0. The minimum atomic E-state index is -0.641. The highest BCUT2D eigenvalue weighted by Crippen LogP contribution is 2.27. The average molecular weight is 469 g/mol. The summed E-state index contributed by atoms with van der Waals surface area (Å²) in [5.41, 5.74) is 1.92. The third-order valence-corrected chi connectivity index (χ3v) is 5.08. The van der Waals surface area contributed by atoms with Crippen LogP contribution in [0.2, 0.25) is 10.0 Å². The number of aliphatic imine (C=N–C) groups is 1. The molecule has 1 aliphatic heterocycles. The zero-order valence-electron chi connectivity index (χ0n) is 16.3. The summed E-state index contributed by atoms with van der Waals surface area (Å²) in [6.45, 7) is 0.396. The highest BCUT2D eigenvalue weighted by atomic mass is 35.5. The van der Waals surface area contributed by atoms with Gasteiger partial charge in [0.2, 0.25) is 5.90 Å². The van der Waals surface area contributed by atoms with E-state index in [1.54, 1.807) is 42.5 Å². The SMILES string of the molecule is O=C1OC(c2ccc([N+](=O)[O-])cc2Cl)=N/C1=C\c1ccc(OCc2ccc(Cl)cc2)cc1. The van der Waals surface area contributed by atoms with Gasteiger partial charge in [-0.3, -0.25) is 10.1 Å². The number of esters is 1. The van der Waals surface area contributed by atoms with Crippen LogP contribution in [-0.2, 0) is 16.1 Å². The van der Waals surface area contributed by atoms with Crippen molar-refractivity contribution < 1.29 is 19.2 Å². The number of benzene rings is 3. The smallest absolute Gasteiger partial charge is 0.363 e. The van der Waals surface area contributed by atoms with E-state index in [-0.39, 0.29) is 22.3 Å². The molecule has 0 N–H and O–H groups in total. The van der Waals surface area contributed by atoms with Gasteiger partial charge in [-0.25, -0.2) is 9.79 Å². The molecule has 3 aromatic rings. The van der Waals surface area contributed by atoms with Crippen LogP contribution in [0, 0.1) is 10.1 Å². The number of non-ortho nitro benzene ring substituents is 1. The lowest BCUT2D eigenvalue weighted by molar-refractivity contribution is -0.384. The summed E-state index contributed by atoms with van der Waals surface area (Å²) in [5, 5.41) is 11.6. The number of nitrogens with zero attached hydrogens (tertiary/aromatic N) is 2. The van der Waals surface area contributed by atoms with Crippen molar-refractivity contribution in [1.82, 2.24) is 0 Å². The topological polar surface area (TPSA) is 91.0 Å². The van der Waals surface area contributed by atoms with E-state index in [9.17, 15) is 14.9 Å². The first-order valence-corrected chi connectivity index (χ1v) is 10.1. The molecule has 0 fully saturated rings. The molecule has 0 unspecified atom stereocenters. The molecule has 0 spiro atoms. The predicted octanol–water partition coefficient (Wildman–Crippen LogP) is 5.83. The fourth-order valence-electron chi connectivity index (χ4n) is 2.88. The summed E-state index contributed by atoms with van der Waals surface area (Å²) < 4.78 is 10.9. The van der Waals surface area contributed by atoms with Gasteiger partial charge in [0.05, 0.1) is 15.5 Å². The molecule has 32 heavy (non-hydrogen) atoms. The quantitative estimate of drug-likeness (QED) is 0.196. The Kier molecular flexibility index (Phi) is 6.20. The minimum Gasteiger partial charge on any atom is -0.489 e. The van der Waals surface area contributed by atoms with Gasteiger partial charge in [-0.1, -0.05) is 47.5 Å². The first-order chi connectivity index (χ1) is 15.4. The first kappa shape index (κ1) is 21.5. The lowest BCUT2D eigenvalue weighted by Gasteiger charge is -2.06. The van der Waals surface area contributed by atoms with Crippen LogP contribution < -0.4 is 4.74 Å². The fourth-order valence-corrected chi connectivity index (χ4v) is 3.26. The number of halogens is 2. The fraction of sp³-hybridized carbons (Fsp3) is 0.0435. The van der Waals surface area contributed by atoms with Crippen molar-refractivity contribution in [2.75, 3.05) is 0 Å². The molecular weight excluding hydrogens is 455 g/mol. The van der Waals surface area contributed by atoms with Crippen molar-refractivity contribution >= 4 is 46.8 Å². The summed E-state index contributed by atoms with van der Waals surface area (Å²) in [4.78, 5) is 26.7. The monoisotopic (exact) mass is 468 g/mol. The highest BCUT2D eigenvalue weighted by Gasteiger charge is 2.26. The van der Waals surface area contributed by atoms with Crippen molar-refractivity contribution in [3.63, 3.8) is 0 Å². The van der Waals surface area contributed by atoms with Gasteiger partial charge in [0.25, 0.3) is 5.69 Å². The van der Waals surface area contributed by atoms with Crippen molar-refractivity contribution in [2.24, 2.45) is 4.99 Å². The Bertz CT molecular complexity index is 1250. The molecule has 3 aromatic carbocycles. The van der Waals surface area contributed by atoms with Gasteiger partial charge in [-0.15, -0.1) is 0 Å². The van der Waals surface area contributed by atoms with Gasteiger partial charge in [0.15, 0.2) is 5.70 Å². The molecule has 0 aromatic heterocycles. The van der Waals surface area contributed by atoms with Crippen LogP contribution in [-0.4, -0.2) is 16.8 Å². The summed E-state index contributed by atoms with van der Waals surface area (Å²) in [5.74, 6) is 0.0134. The van der Waals surface area contributed by atoms with Crippen LogP contribution >= 0.6 is 23.2 Å². The second-order valence-corrected chi connectivity index (χ2v) is 7.59. The van der Waals surface area contributed by atoms with E-state index < -0.39 is 10.9 Å². The van der Waals surface area contributed by atoms with E-state index in [4.69, 9.17) is 32.7 Å². The van der Waals surface area contributed by atoms with Gasteiger partial charge in [-0.05, 0) is 47.5 Å². The number of carbonyl (C=O) groups is 1. The Hall–Kier alpha value is -3.68. The molecular formula is C23H14Cl2N2O5. The van der Waals surface area contributed by atoms with Crippen LogP contribution in [0.1, 0.15) is 16.7 Å². The van der Waals surface area contributed by atoms with Crippen LogP contribution in [0.15, 0.2) is 77.4 Å². The lowest BCUT2D eigenvalue weighted by Crippen LogP contribution is -2.06. The van der Waals surface area contributed by atoms with Crippen molar-refractivity contribution in [3.8, 4) is 5.75 Å². The molecule has 0 atom stereocenters. The molecule has 1 heterocycles. The van der Waals surface area contributed by atoms with Crippen molar-refractivity contribution in [2.45, 2.75) is 6.61 Å². The Balaban J connectivity index is 1.47. The molecule has 9 heteroatoms. The van der Waals surface area contributed by atoms with Gasteiger partial charge >= 0.3 is 5.97 Å². The normalized spacial score (nSPS) is 14.2. The lowest BCUT2D eigenvalue weighted by atomic mass is 10.2. The maximum Gasteiger partial charge on any atom is 0.363 e. The molecule has 4 rings (SSSR count). The number of nitro benzene ring substituents is 1. The van der Waals surface area contributed by atoms with Crippen LogP contribution in [0.4, 0.5) is 5.69 Å². The third-order valence-electron chi connectivity index (χ3n) is 4.52.